The Morgan fingerprint density at radius 1 is 1.24 bits per heavy atom. The molecular formula is C20H17F2N5O2. The first-order valence-electron chi connectivity index (χ1n) is 8.49. The smallest absolute Gasteiger partial charge is 0.339 e. The van der Waals surface area contributed by atoms with Crippen LogP contribution in [0.3, 0.4) is 0 Å². The largest absolute Gasteiger partial charge is 0.478 e. The summed E-state index contributed by atoms with van der Waals surface area (Å²) in [5.41, 5.74) is 1.97. The molecule has 3 aromatic rings. The van der Waals surface area contributed by atoms with Crippen molar-refractivity contribution < 1.29 is 18.7 Å². The average molecular weight is 397 g/mol. The molecule has 0 aliphatic carbocycles. The molecule has 0 fully saturated rings. The zero-order chi connectivity index (χ0) is 21.0. The van der Waals surface area contributed by atoms with E-state index in [1.165, 1.54) is 41.1 Å². The predicted molar refractivity (Wildman–Crippen MR) is 103 cm³/mol. The highest BCUT2D eigenvalue weighted by Gasteiger charge is 2.12. The molecule has 3 heterocycles. The molecule has 148 valence electrons. The van der Waals surface area contributed by atoms with E-state index in [1.54, 1.807) is 6.92 Å². The second-order valence-electron chi connectivity index (χ2n) is 6.08. The summed E-state index contributed by atoms with van der Waals surface area (Å²) in [6, 6.07) is 5.56. The van der Waals surface area contributed by atoms with Crippen molar-refractivity contribution in [1.29, 1.82) is 0 Å². The maximum atomic E-state index is 13.5. The minimum absolute atomic E-state index is 0.115. The van der Waals surface area contributed by atoms with Crippen LogP contribution in [0.1, 0.15) is 18.3 Å². The van der Waals surface area contributed by atoms with Crippen molar-refractivity contribution in [1.82, 2.24) is 19.7 Å². The third kappa shape index (κ3) is 4.70. The first-order valence-corrected chi connectivity index (χ1v) is 8.49. The van der Waals surface area contributed by atoms with Gasteiger partial charge in [-0.15, -0.1) is 0 Å². The molecule has 7 nitrogen and oxygen atoms in total. The first-order chi connectivity index (χ1) is 13.8. The maximum absolute atomic E-state index is 13.5. The van der Waals surface area contributed by atoms with Gasteiger partial charge in [-0.05, 0) is 31.2 Å². The summed E-state index contributed by atoms with van der Waals surface area (Å²) in [7, 11) is 0. The van der Waals surface area contributed by atoms with Crippen LogP contribution in [-0.2, 0) is 11.3 Å². The number of carboxylic acids is 1. The van der Waals surface area contributed by atoms with Gasteiger partial charge in [0.15, 0.2) is 0 Å². The Bertz CT molecular complexity index is 1130. The number of hydrogen-bond donors (Lipinski definition) is 2. The van der Waals surface area contributed by atoms with Crippen molar-refractivity contribution in [3.63, 3.8) is 0 Å². The summed E-state index contributed by atoms with van der Waals surface area (Å²) >= 11 is 0. The van der Waals surface area contributed by atoms with E-state index in [2.05, 4.69) is 26.9 Å². The van der Waals surface area contributed by atoms with E-state index < -0.39 is 17.6 Å². The van der Waals surface area contributed by atoms with Gasteiger partial charge in [-0.2, -0.15) is 0 Å². The Balaban J connectivity index is 1.80. The number of carboxylic acid groups (broad SMARTS) is 1. The average Bonchev–Trinajstić information content (AvgIpc) is 3.10. The number of halogens is 2. The Labute approximate surface area is 164 Å². The van der Waals surface area contributed by atoms with Crippen LogP contribution in [-0.4, -0.2) is 31.2 Å². The number of imidazole rings is 1. The normalized spacial score (nSPS) is 12.2. The van der Waals surface area contributed by atoms with Crippen molar-refractivity contribution in [2.24, 2.45) is 4.99 Å². The molecule has 0 saturated carbocycles. The second kappa shape index (κ2) is 8.42. The zero-order valence-corrected chi connectivity index (χ0v) is 15.4. The fraction of sp³-hybridized carbons (Fsp3) is 0.100. The van der Waals surface area contributed by atoms with Crippen molar-refractivity contribution in [2.75, 3.05) is 0 Å². The fourth-order valence-corrected chi connectivity index (χ4v) is 2.52. The SMILES string of the molecule is C=C(NCc1ccc(F)cn1)/C(=C\N=C(C)c1cnc2ccc(F)cn12)C(=O)O. The molecule has 29 heavy (non-hydrogen) atoms. The van der Waals surface area contributed by atoms with Gasteiger partial charge < -0.3 is 10.4 Å². The van der Waals surface area contributed by atoms with Crippen LogP contribution < -0.4 is 5.32 Å². The summed E-state index contributed by atoms with van der Waals surface area (Å²) in [6.45, 7) is 5.53. The van der Waals surface area contributed by atoms with Crippen molar-refractivity contribution in [2.45, 2.75) is 13.5 Å². The van der Waals surface area contributed by atoms with Crippen LogP contribution in [0.15, 0.2) is 71.9 Å². The molecule has 0 aliphatic heterocycles. The summed E-state index contributed by atoms with van der Waals surface area (Å²) in [5, 5.41) is 12.3. The van der Waals surface area contributed by atoms with Gasteiger partial charge in [-0.25, -0.2) is 18.6 Å². The minimum Gasteiger partial charge on any atom is -0.478 e. The quantitative estimate of drug-likeness (QED) is 0.363. The molecule has 3 aromatic heterocycles. The van der Waals surface area contributed by atoms with Crippen molar-refractivity contribution in [3.8, 4) is 0 Å². The standard InChI is InChI=1S/C20H17F2N5O2/c1-12(23-8-16-5-3-14(21)7-25-16)17(20(28)29)9-24-13(2)18-10-26-19-6-4-15(22)11-27(18)19/h3-7,9-11,23H,1,8H2,2H3,(H,28,29)/b17-9+,24-13?. The number of pyridine rings is 2. The molecule has 0 atom stereocenters. The number of aliphatic imine (C=N–C) groups is 1. The van der Waals surface area contributed by atoms with Gasteiger partial charge >= 0.3 is 5.97 Å². The molecule has 0 spiro atoms. The highest BCUT2D eigenvalue weighted by atomic mass is 19.1. The molecule has 9 heteroatoms. The highest BCUT2D eigenvalue weighted by molar-refractivity contribution is 5.99. The lowest BCUT2D eigenvalue weighted by molar-refractivity contribution is -0.132. The van der Waals surface area contributed by atoms with E-state index in [9.17, 15) is 18.7 Å². The number of fused-ring (bicyclic) bond motifs is 1. The number of carbonyl (C=O) groups is 1. The Morgan fingerprint density at radius 2 is 2.00 bits per heavy atom. The van der Waals surface area contributed by atoms with Crippen LogP contribution in [0.2, 0.25) is 0 Å². The summed E-state index contributed by atoms with van der Waals surface area (Å²) in [6.07, 6.45) is 5.02. The van der Waals surface area contributed by atoms with Gasteiger partial charge in [0.05, 0.1) is 36.0 Å². The van der Waals surface area contributed by atoms with Crippen molar-refractivity contribution in [3.05, 3.63) is 89.9 Å². The first kappa shape index (κ1) is 19.9. The van der Waals surface area contributed by atoms with Gasteiger partial charge in [-0.1, -0.05) is 6.58 Å². The third-order valence-corrected chi connectivity index (χ3v) is 4.05. The molecular weight excluding hydrogens is 380 g/mol. The molecule has 0 aromatic carbocycles. The monoisotopic (exact) mass is 397 g/mol. The van der Waals surface area contributed by atoms with Crippen LogP contribution in [0.5, 0.6) is 0 Å². The molecule has 0 unspecified atom stereocenters. The topological polar surface area (TPSA) is 91.9 Å². The zero-order valence-electron chi connectivity index (χ0n) is 15.4. The van der Waals surface area contributed by atoms with E-state index >= 15 is 0 Å². The molecule has 0 bridgehead atoms. The molecule has 3 rings (SSSR count). The number of rotatable bonds is 7. The number of aliphatic carboxylic acids is 1. The van der Waals surface area contributed by atoms with Gasteiger partial charge in [-0.3, -0.25) is 14.4 Å². The van der Waals surface area contributed by atoms with E-state index in [0.717, 1.165) is 12.4 Å². The summed E-state index contributed by atoms with van der Waals surface area (Å²) in [5.74, 6) is -2.12. The lowest BCUT2D eigenvalue weighted by Gasteiger charge is -2.09. The highest BCUT2D eigenvalue weighted by Crippen LogP contribution is 2.12. The number of nitrogens with one attached hydrogen (secondary N) is 1. The van der Waals surface area contributed by atoms with Crippen LogP contribution in [0.4, 0.5) is 8.78 Å². The number of hydrogen-bond acceptors (Lipinski definition) is 5. The lowest BCUT2D eigenvalue weighted by atomic mass is 10.2. The van der Waals surface area contributed by atoms with Crippen LogP contribution in [0.25, 0.3) is 5.65 Å². The molecule has 2 N–H and O–H groups in total. The molecule has 0 saturated heterocycles. The lowest BCUT2D eigenvalue weighted by Crippen LogP contribution is -2.18. The molecule has 0 radical (unpaired) electrons. The fourth-order valence-electron chi connectivity index (χ4n) is 2.52. The van der Waals surface area contributed by atoms with Gasteiger partial charge in [0.2, 0.25) is 0 Å². The predicted octanol–water partition coefficient (Wildman–Crippen LogP) is 3.09. The van der Waals surface area contributed by atoms with Crippen LogP contribution in [0, 0.1) is 11.6 Å². The number of aromatic nitrogens is 3. The Hall–Kier alpha value is -3.88. The molecule has 0 amide bonds. The Morgan fingerprint density at radius 3 is 2.69 bits per heavy atom. The Kier molecular flexibility index (Phi) is 5.77. The third-order valence-electron chi connectivity index (χ3n) is 4.05. The summed E-state index contributed by atoms with van der Waals surface area (Å²) < 4.78 is 27.9. The van der Waals surface area contributed by atoms with E-state index in [4.69, 9.17) is 0 Å². The van der Waals surface area contributed by atoms with E-state index in [0.29, 0.717) is 22.7 Å². The maximum Gasteiger partial charge on any atom is 0.339 e. The van der Waals surface area contributed by atoms with Crippen molar-refractivity contribution >= 4 is 17.3 Å². The second-order valence-corrected chi connectivity index (χ2v) is 6.08. The van der Waals surface area contributed by atoms with E-state index in [-0.39, 0.29) is 17.8 Å². The molecule has 0 aliphatic rings. The summed E-state index contributed by atoms with van der Waals surface area (Å²) in [4.78, 5) is 23.8. The van der Waals surface area contributed by atoms with Gasteiger partial charge in [0, 0.05) is 18.1 Å². The van der Waals surface area contributed by atoms with Gasteiger partial charge in [0.25, 0.3) is 0 Å². The van der Waals surface area contributed by atoms with Crippen LogP contribution >= 0.6 is 0 Å². The minimum atomic E-state index is -1.23. The number of nitrogens with zero attached hydrogens (tertiary/aromatic N) is 4. The van der Waals surface area contributed by atoms with E-state index in [1.807, 2.05) is 0 Å². The van der Waals surface area contributed by atoms with Gasteiger partial charge in [0.1, 0.15) is 22.9 Å².